The van der Waals surface area contributed by atoms with Gasteiger partial charge in [0.1, 0.15) is 0 Å². The van der Waals surface area contributed by atoms with E-state index in [4.69, 9.17) is 0 Å². The fraction of sp³-hybridized carbons (Fsp3) is 0.235. The number of hydrogen-bond donors (Lipinski definition) is 3. The topological polar surface area (TPSA) is 96.3 Å². The second-order valence-electron chi connectivity index (χ2n) is 5.81. The van der Waals surface area contributed by atoms with Gasteiger partial charge in [0.25, 0.3) is 5.69 Å². The quantitative estimate of drug-likeness (QED) is 0.525. The molecule has 0 aromatic heterocycles. The van der Waals surface area contributed by atoms with Crippen LogP contribution in [0.2, 0.25) is 0 Å². The fourth-order valence-corrected chi connectivity index (χ4v) is 3.27. The van der Waals surface area contributed by atoms with Crippen LogP contribution in [0.25, 0.3) is 0 Å². The van der Waals surface area contributed by atoms with Crippen LogP contribution < -0.4 is 16.2 Å². The molecule has 130 valence electrons. The summed E-state index contributed by atoms with van der Waals surface area (Å²) in [5.74, 6) is -0.366. The van der Waals surface area contributed by atoms with Gasteiger partial charge in [0.15, 0.2) is 0 Å². The summed E-state index contributed by atoms with van der Waals surface area (Å²) < 4.78 is 0.965. The van der Waals surface area contributed by atoms with Crippen molar-refractivity contribution in [2.45, 2.75) is 12.6 Å². The summed E-state index contributed by atoms with van der Waals surface area (Å²) in [7, 11) is 0. The minimum absolute atomic E-state index is 0.0327. The van der Waals surface area contributed by atoms with E-state index in [1.807, 2.05) is 24.3 Å². The average molecular weight is 405 g/mol. The summed E-state index contributed by atoms with van der Waals surface area (Å²) in [6.45, 7) is 0.938. The van der Waals surface area contributed by atoms with Crippen LogP contribution in [0.3, 0.4) is 0 Å². The number of carbonyl (C=O) groups excluding carboxylic acids is 1. The zero-order valence-electron chi connectivity index (χ0n) is 13.2. The molecule has 0 bridgehead atoms. The number of amides is 1. The summed E-state index contributed by atoms with van der Waals surface area (Å²) in [6.07, 6.45) is 0. The molecule has 0 radical (unpaired) electrons. The van der Waals surface area contributed by atoms with Gasteiger partial charge in [-0.05, 0) is 23.3 Å². The number of nitro benzene ring substituents is 1. The minimum Gasteiger partial charge on any atom is -0.352 e. The van der Waals surface area contributed by atoms with Crippen LogP contribution in [0.15, 0.2) is 53.0 Å². The number of non-ortho nitro benzene ring substituents is 1. The minimum atomic E-state index is -0.438. The Morgan fingerprint density at radius 2 is 2.04 bits per heavy atom. The Morgan fingerprint density at radius 1 is 1.28 bits per heavy atom. The molecular formula is C17H17BrN4O3. The number of nitrogens with zero attached hydrogens (tertiary/aromatic N) is 1. The van der Waals surface area contributed by atoms with Crippen molar-refractivity contribution >= 4 is 27.5 Å². The lowest BCUT2D eigenvalue weighted by Crippen LogP contribution is -2.34. The first-order valence-corrected chi connectivity index (χ1v) is 8.59. The third-order valence-corrected chi connectivity index (χ3v) is 4.63. The van der Waals surface area contributed by atoms with Gasteiger partial charge in [0, 0.05) is 29.7 Å². The lowest BCUT2D eigenvalue weighted by atomic mass is 9.94. The van der Waals surface area contributed by atoms with E-state index in [-0.39, 0.29) is 23.6 Å². The van der Waals surface area contributed by atoms with Crippen LogP contribution >= 0.6 is 15.9 Å². The number of nitrogens with one attached hydrogen (secondary N) is 3. The van der Waals surface area contributed by atoms with E-state index < -0.39 is 4.92 Å². The summed E-state index contributed by atoms with van der Waals surface area (Å²) in [5.41, 5.74) is 7.94. The van der Waals surface area contributed by atoms with Gasteiger partial charge in [-0.3, -0.25) is 20.3 Å². The van der Waals surface area contributed by atoms with Crippen LogP contribution in [-0.2, 0) is 11.3 Å². The summed E-state index contributed by atoms with van der Waals surface area (Å²) in [6, 6.07) is 13.8. The first-order valence-electron chi connectivity index (χ1n) is 7.79. The number of hydrogen-bond acceptors (Lipinski definition) is 5. The Morgan fingerprint density at radius 3 is 2.72 bits per heavy atom. The lowest BCUT2D eigenvalue weighted by molar-refractivity contribution is -0.384. The molecule has 2 unspecified atom stereocenters. The van der Waals surface area contributed by atoms with Crippen molar-refractivity contribution in [3.63, 3.8) is 0 Å². The normalized spacial score (nSPS) is 19.6. The molecule has 1 aliphatic rings. The zero-order chi connectivity index (χ0) is 17.8. The number of hydrazine groups is 1. The number of rotatable bonds is 5. The maximum Gasteiger partial charge on any atom is 0.269 e. The van der Waals surface area contributed by atoms with E-state index in [1.165, 1.54) is 12.1 Å². The molecule has 1 fully saturated rings. The first kappa shape index (κ1) is 17.5. The molecule has 8 heteroatoms. The van der Waals surface area contributed by atoms with Crippen LogP contribution in [-0.4, -0.2) is 17.4 Å². The Balaban J connectivity index is 1.66. The fourth-order valence-electron chi connectivity index (χ4n) is 2.83. The molecule has 0 spiro atoms. The first-order chi connectivity index (χ1) is 12.0. The molecule has 1 aliphatic heterocycles. The van der Waals surface area contributed by atoms with E-state index >= 15 is 0 Å². The third-order valence-electron chi connectivity index (χ3n) is 4.14. The predicted molar refractivity (Wildman–Crippen MR) is 96.5 cm³/mol. The largest absolute Gasteiger partial charge is 0.352 e. The SMILES string of the molecule is O=C(NCc1cccc(Br)c1)C1CNNC1c1ccc([N+](=O)[O-])cc1. The lowest BCUT2D eigenvalue weighted by Gasteiger charge is -2.18. The van der Waals surface area contributed by atoms with Crippen LogP contribution in [0, 0.1) is 16.0 Å². The molecule has 0 aliphatic carbocycles. The molecule has 2 aromatic carbocycles. The average Bonchev–Trinajstić information content (AvgIpc) is 3.09. The third kappa shape index (κ3) is 4.22. The van der Waals surface area contributed by atoms with Gasteiger partial charge in [-0.1, -0.05) is 40.2 Å². The van der Waals surface area contributed by atoms with Crippen molar-refractivity contribution in [3.8, 4) is 0 Å². The highest BCUT2D eigenvalue weighted by atomic mass is 79.9. The summed E-state index contributed by atoms with van der Waals surface area (Å²) >= 11 is 3.41. The van der Waals surface area contributed by atoms with Crippen molar-refractivity contribution in [2.24, 2.45) is 5.92 Å². The van der Waals surface area contributed by atoms with Gasteiger partial charge in [-0.2, -0.15) is 0 Å². The molecule has 1 heterocycles. The van der Waals surface area contributed by atoms with E-state index in [2.05, 4.69) is 32.1 Å². The predicted octanol–water partition coefficient (Wildman–Crippen LogP) is 2.44. The molecule has 25 heavy (non-hydrogen) atoms. The van der Waals surface area contributed by atoms with Gasteiger partial charge in [0.05, 0.1) is 16.9 Å². The van der Waals surface area contributed by atoms with Crippen molar-refractivity contribution < 1.29 is 9.72 Å². The molecule has 3 N–H and O–H groups in total. The maximum absolute atomic E-state index is 12.6. The summed E-state index contributed by atoms with van der Waals surface area (Å²) in [4.78, 5) is 22.9. The second-order valence-corrected chi connectivity index (χ2v) is 6.72. The van der Waals surface area contributed by atoms with Gasteiger partial charge < -0.3 is 5.32 Å². The standard InChI is InChI=1S/C17H17BrN4O3/c18-13-3-1-2-11(8-13)9-19-17(23)15-10-20-21-16(15)12-4-6-14(7-5-12)22(24)25/h1-8,15-16,20-21H,9-10H2,(H,19,23). The highest BCUT2D eigenvalue weighted by Crippen LogP contribution is 2.26. The molecule has 2 aromatic rings. The monoisotopic (exact) mass is 404 g/mol. The van der Waals surface area contributed by atoms with Crippen molar-refractivity contribution in [1.82, 2.24) is 16.2 Å². The molecule has 1 amide bonds. The van der Waals surface area contributed by atoms with E-state index in [9.17, 15) is 14.9 Å². The van der Waals surface area contributed by atoms with Crippen LogP contribution in [0.4, 0.5) is 5.69 Å². The highest BCUT2D eigenvalue weighted by molar-refractivity contribution is 9.10. The molecule has 1 saturated heterocycles. The number of halogens is 1. The Kier molecular flexibility index (Phi) is 5.42. The van der Waals surface area contributed by atoms with Crippen molar-refractivity contribution in [3.05, 3.63) is 74.2 Å². The van der Waals surface area contributed by atoms with E-state index in [0.29, 0.717) is 13.1 Å². The van der Waals surface area contributed by atoms with Crippen molar-refractivity contribution in [1.29, 1.82) is 0 Å². The Bertz CT molecular complexity index is 782. The number of benzene rings is 2. The maximum atomic E-state index is 12.6. The zero-order valence-corrected chi connectivity index (χ0v) is 14.8. The van der Waals surface area contributed by atoms with Crippen LogP contribution in [0.5, 0.6) is 0 Å². The highest BCUT2D eigenvalue weighted by Gasteiger charge is 2.33. The van der Waals surface area contributed by atoms with Gasteiger partial charge in [-0.25, -0.2) is 5.43 Å². The molecule has 2 atom stereocenters. The second kappa shape index (κ2) is 7.73. The van der Waals surface area contributed by atoms with E-state index in [0.717, 1.165) is 15.6 Å². The van der Waals surface area contributed by atoms with Gasteiger partial charge in [-0.15, -0.1) is 0 Å². The molecular weight excluding hydrogens is 388 g/mol. The molecule has 0 saturated carbocycles. The van der Waals surface area contributed by atoms with Crippen LogP contribution in [0.1, 0.15) is 17.2 Å². The Hall–Kier alpha value is -2.29. The Labute approximate surface area is 153 Å². The summed E-state index contributed by atoms with van der Waals surface area (Å²) in [5, 5.41) is 13.7. The number of carbonyl (C=O) groups is 1. The van der Waals surface area contributed by atoms with E-state index in [1.54, 1.807) is 12.1 Å². The number of nitro groups is 1. The smallest absolute Gasteiger partial charge is 0.269 e. The van der Waals surface area contributed by atoms with Gasteiger partial charge in [0.2, 0.25) is 5.91 Å². The molecule has 3 rings (SSSR count). The molecule has 7 nitrogen and oxygen atoms in total. The van der Waals surface area contributed by atoms with Gasteiger partial charge >= 0.3 is 0 Å². The van der Waals surface area contributed by atoms with Crippen molar-refractivity contribution in [2.75, 3.05) is 6.54 Å².